The SMILES string of the molecule is CCOC(=O)Cn1ccnc1CCO[Si](C)(C)C(C)(C)C. The van der Waals surface area contributed by atoms with Crippen molar-refractivity contribution >= 4 is 14.3 Å². The number of imidazole rings is 1. The van der Waals surface area contributed by atoms with Crippen molar-refractivity contribution in [3.05, 3.63) is 18.2 Å². The maximum atomic E-state index is 11.5. The molecule has 0 aromatic carbocycles. The summed E-state index contributed by atoms with van der Waals surface area (Å²) in [4.78, 5) is 15.8. The van der Waals surface area contributed by atoms with Gasteiger partial charge >= 0.3 is 5.97 Å². The van der Waals surface area contributed by atoms with Crippen molar-refractivity contribution in [2.75, 3.05) is 13.2 Å². The standard InChI is InChI=1S/C15H28N2O3Si/c1-7-19-14(18)12-17-10-9-16-13(17)8-11-20-21(5,6)15(2,3)4/h9-10H,7-8,11-12H2,1-6H3. The van der Waals surface area contributed by atoms with Crippen LogP contribution in [0.25, 0.3) is 0 Å². The van der Waals surface area contributed by atoms with Gasteiger partial charge in [-0.2, -0.15) is 0 Å². The Morgan fingerprint density at radius 3 is 2.62 bits per heavy atom. The summed E-state index contributed by atoms with van der Waals surface area (Å²) in [6.07, 6.45) is 4.22. The van der Waals surface area contributed by atoms with Crippen LogP contribution in [-0.4, -0.2) is 37.1 Å². The first kappa shape index (κ1) is 17.9. The van der Waals surface area contributed by atoms with E-state index in [1.807, 2.05) is 4.57 Å². The molecule has 0 saturated heterocycles. The maximum Gasteiger partial charge on any atom is 0.325 e. The van der Waals surface area contributed by atoms with E-state index in [9.17, 15) is 4.79 Å². The molecule has 0 aliphatic heterocycles. The molecule has 0 fully saturated rings. The third-order valence-electron chi connectivity index (χ3n) is 4.00. The van der Waals surface area contributed by atoms with Crippen LogP contribution in [0.4, 0.5) is 0 Å². The first-order chi connectivity index (χ1) is 9.67. The lowest BCUT2D eigenvalue weighted by atomic mass is 10.2. The van der Waals surface area contributed by atoms with E-state index in [0.29, 0.717) is 19.6 Å². The summed E-state index contributed by atoms with van der Waals surface area (Å²) in [6.45, 7) is 14.2. The van der Waals surface area contributed by atoms with Gasteiger partial charge in [0.05, 0.1) is 6.61 Å². The second kappa shape index (κ2) is 7.22. The minimum absolute atomic E-state index is 0.202. The van der Waals surface area contributed by atoms with E-state index in [2.05, 4.69) is 38.8 Å². The van der Waals surface area contributed by atoms with Crippen molar-refractivity contribution < 1.29 is 14.0 Å². The van der Waals surface area contributed by atoms with Gasteiger partial charge in [-0.3, -0.25) is 4.79 Å². The fourth-order valence-corrected chi connectivity index (χ4v) is 2.72. The number of aromatic nitrogens is 2. The van der Waals surface area contributed by atoms with Gasteiger partial charge in [0.2, 0.25) is 0 Å². The highest BCUT2D eigenvalue weighted by atomic mass is 28.4. The number of hydrogen-bond donors (Lipinski definition) is 0. The van der Waals surface area contributed by atoms with Crippen molar-refractivity contribution in [1.29, 1.82) is 0 Å². The molecule has 1 aromatic rings. The maximum absolute atomic E-state index is 11.5. The van der Waals surface area contributed by atoms with Crippen LogP contribution in [0.2, 0.25) is 18.1 Å². The normalized spacial score (nSPS) is 12.5. The van der Waals surface area contributed by atoms with Gasteiger partial charge in [0, 0.05) is 25.4 Å². The molecule has 0 atom stereocenters. The molecular formula is C15H28N2O3Si. The molecule has 6 heteroatoms. The Morgan fingerprint density at radius 1 is 1.38 bits per heavy atom. The Hall–Kier alpha value is -1.14. The van der Waals surface area contributed by atoms with Crippen LogP contribution >= 0.6 is 0 Å². The van der Waals surface area contributed by atoms with E-state index < -0.39 is 8.32 Å². The van der Waals surface area contributed by atoms with Crippen molar-refractivity contribution in [1.82, 2.24) is 9.55 Å². The summed E-state index contributed by atoms with van der Waals surface area (Å²) in [5.41, 5.74) is 0. The molecule has 0 unspecified atom stereocenters. The molecule has 1 aromatic heterocycles. The Bertz CT molecular complexity index is 464. The summed E-state index contributed by atoms with van der Waals surface area (Å²) in [6, 6.07) is 0. The minimum atomic E-state index is -1.73. The van der Waals surface area contributed by atoms with Crippen LogP contribution < -0.4 is 0 Å². The fraction of sp³-hybridized carbons (Fsp3) is 0.733. The van der Waals surface area contributed by atoms with Crippen molar-refractivity contribution in [2.45, 2.75) is 58.8 Å². The van der Waals surface area contributed by atoms with Crippen molar-refractivity contribution in [3.63, 3.8) is 0 Å². The van der Waals surface area contributed by atoms with Crippen LogP contribution in [0.3, 0.4) is 0 Å². The Morgan fingerprint density at radius 2 is 2.05 bits per heavy atom. The van der Waals surface area contributed by atoms with Gasteiger partial charge in [0.15, 0.2) is 8.32 Å². The zero-order chi connectivity index (χ0) is 16.1. The largest absolute Gasteiger partial charge is 0.465 e. The summed E-state index contributed by atoms with van der Waals surface area (Å²) in [5, 5.41) is 0.202. The quantitative estimate of drug-likeness (QED) is 0.574. The number of hydrogen-bond acceptors (Lipinski definition) is 4. The lowest BCUT2D eigenvalue weighted by molar-refractivity contribution is -0.143. The first-order valence-corrected chi connectivity index (χ1v) is 10.4. The number of nitrogens with zero attached hydrogens (tertiary/aromatic N) is 2. The zero-order valence-electron chi connectivity index (χ0n) is 14.1. The summed E-state index contributed by atoms with van der Waals surface area (Å²) < 4.78 is 12.9. The zero-order valence-corrected chi connectivity index (χ0v) is 15.1. The molecular weight excluding hydrogens is 284 g/mol. The molecule has 0 saturated carbocycles. The van der Waals surface area contributed by atoms with E-state index in [0.717, 1.165) is 5.82 Å². The van der Waals surface area contributed by atoms with Gasteiger partial charge in [0.1, 0.15) is 12.4 Å². The van der Waals surface area contributed by atoms with Gasteiger partial charge in [-0.25, -0.2) is 4.98 Å². The first-order valence-electron chi connectivity index (χ1n) is 7.47. The lowest BCUT2D eigenvalue weighted by Crippen LogP contribution is -2.41. The fourth-order valence-electron chi connectivity index (χ4n) is 1.67. The monoisotopic (exact) mass is 312 g/mol. The summed E-state index contributed by atoms with van der Waals surface area (Å²) >= 11 is 0. The van der Waals surface area contributed by atoms with Crippen molar-refractivity contribution in [3.8, 4) is 0 Å². The molecule has 1 rings (SSSR count). The molecule has 0 bridgehead atoms. The number of esters is 1. The van der Waals surface area contributed by atoms with Crippen molar-refractivity contribution in [2.24, 2.45) is 0 Å². The predicted molar refractivity (Wildman–Crippen MR) is 85.7 cm³/mol. The van der Waals surface area contributed by atoms with Gasteiger partial charge < -0.3 is 13.7 Å². The predicted octanol–water partition coefficient (Wildman–Crippen LogP) is 3.01. The smallest absolute Gasteiger partial charge is 0.325 e. The van der Waals surface area contributed by atoms with E-state index in [4.69, 9.17) is 9.16 Å². The highest BCUT2D eigenvalue weighted by molar-refractivity contribution is 6.74. The Labute approximate surface area is 128 Å². The topological polar surface area (TPSA) is 53.4 Å². The van der Waals surface area contributed by atoms with Gasteiger partial charge in [-0.1, -0.05) is 20.8 Å². The average Bonchev–Trinajstić information content (AvgIpc) is 2.75. The summed E-state index contributed by atoms with van der Waals surface area (Å²) in [5.74, 6) is 0.629. The third-order valence-corrected chi connectivity index (χ3v) is 8.54. The van der Waals surface area contributed by atoms with Crippen LogP contribution in [0.5, 0.6) is 0 Å². The molecule has 21 heavy (non-hydrogen) atoms. The molecule has 5 nitrogen and oxygen atoms in total. The third kappa shape index (κ3) is 5.28. The van der Waals surface area contributed by atoms with E-state index in [1.165, 1.54) is 0 Å². The number of ether oxygens (including phenoxy) is 1. The molecule has 0 spiro atoms. The second-order valence-corrected chi connectivity index (χ2v) is 11.4. The molecule has 0 radical (unpaired) electrons. The molecule has 0 aliphatic rings. The molecule has 0 N–H and O–H groups in total. The number of carbonyl (C=O) groups excluding carboxylic acids is 1. The van der Waals surface area contributed by atoms with Gasteiger partial charge in [0.25, 0.3) is 0 Å². The highest BCUT2D eigenvalue weighted by Gasteiger charge is 2.36. The number of rotatable bonds is 7. The van der Waals surface area contributed by atoms with E-state index in [1.54, 1.807) is 19.3 Å². The molecule has 0 amide bonds. The van der Waals surface area contributed by atoms with Crippen LogP contribution in [0.15, 0.2) is 12.4 Å². The van der Waals surface area contributed by atoms with E-state index in [-0.39, 0.29) is 17.6 Å². The van der Waals surface area contributed by atoms with Crippen LogP contribution in [0, 0.1) is 0 Å². The molecule has 0 aliphatic carbocycles. The average molecular weight is 312 g/mol. The van der Waals surface area contributed by atoms with Gasteiger partial charge in [-0.15, -0.1) is 0 Å². The van der Waals surface area contributed by atoms with E-state index >= 15 is 0 Å². The lowest BCUT2D eigenvalue weighted by Gasteiger charge is -2.36. The minimum Gasteiger partial charge on any atom is -0.465 e. The second-order valence-electron chi connectivity index (χ2n) is 6.64. The molecule has 120 valence electrons. The van der Waals surface area contributed by atoms with Crippen LogP contribution in [0.1, 0.15) is 33.5 Å². The highest BCUT2D eigenvalue weighted by Crippen LogP contribution is 2.36. The van der Waals surface area contributed by atoms with Gasteiger partial charge in [-0.05, 0) is 25.1 Å². The Kier molecular flexibility index (Phi) is 6.16. The molecule has 1 heterocycles. The Balaban J connectivity index is 2.54. The number of carbonyl (C=O) groups is 1. The van der Waals surface area contributed by atoms with Crippen LogP contribution in [-0.2, 0) is 26.9 Å². The summed E-state index contributed by atoms with van der Waals surface area (Å²) in [7, 11) is -1.73.